The zero-order valence-corrected chi connectivity index (χ0v) is 13.0. The Bertz CT molecular complexity index is 611. The van der Waals surface area contributed by atoms with Crippen LogP contribution in [0.25, 0.3) is 11.5 Å². The number of aromatic nitrogens is 1. The normalized spacial score (nSPS) is 19.2. The van der Waals surface area contributed by atoms with Crippen molar-refractivity contribution in [3.05, 3.63) is 23.8 Å². The number of carbonyl (C=O) groups excluding carboxylic acids is 1. The number of hydrogen-bond donors (Lipinski definition) is 2. The van der Waals surface area contributed by atoms with Gasteiger partial charge in [-0.05, 0) is 31.5 Å². The molecule has 3 rings (SSSR count). The number of carbonyl (C=O) groups is 1. The first-order valence-corrected chi connectivity index (χ1v) is 8.28. The summed E-state index contributed by atoms with van der Waals surface area (Å²) < 4.78 is 5.28. The third-order valence-electron chi connectivity index (χ3n) is 3.83. The number of rotatable bonds is 5. The molecule has 0 unspecified atom stereocenters. The van der Waals surface area contributed by atoms with Gasteiger partial charge >= 0.3 is 0 Å². The van der Waals surface area contributed by atoms with Crippen LogP contribution in [0.5, 0.6) is 0 Å². The molecule has 0 spiro atoms. The van der Waals surface area contributed by atoms with E-state index in [-0.39, 0.29) is 18.6 Å². The molecule has 2 N–H and O–H groups in total. The number of furan rings is 1. The van der Waals surface area contributed by atoms with E-state index >= 15 is 0 Å². The molecule has 1 saturated heterocycles. The van der Waals surface area contributed by atoms with Gasteiger partial charge in [0.2, 0.25) is 5.91 Å². The molecule has 118 valence electrons. The lowest BCUT2D eigenvalue weighted by atomic mass is 10.0. The van der Waals surface area contributed by atoms with Crippen molar-refractivity contribution >= 4 is 22.4 Å². The van der Waals surface area contributed by atoms with E-state index in [4.69, 9.17) is 4.42 Å². The minimum Gasteiger partial charge on any atom is -0.463 e. The summed E-state index contributed by atoms with van der Waals surface area (Å²) in [6, 6.07) is 3.73. The third-order valence-corrected chi connectivity index (χ3v) is 4.59. The van der Waals surface area contributed by atoms with Crippen LogP contribution < -0.4 is 5.32 Å². The Kier molecular flexibility index (Phi) is 4.87. The van der Waals surface area contributed by atoms with Crippen LogP contribution in [-0.4, -0.2) is 46.6 Å². The molecule has 22 heavy (non-hydrogen) atoms. The molecule has 1 aliphatic rings. The average Bonchev–Trinajstić information content (AvgIpc) is 3.18. The van der Waals surface area contributed by atoms with Crippen molar-refractivity contribution in [2.45, 2.75) is 25.3 Å². The molecule has 0 aromatic carbocycles. The van der Waals surface area contributed by atoms with Crippen LogP contribution in [0.2, 0.25) is 0 Å². The summed E-state index contributed by atoms with van der Waals surface area (Å²) in [6.45, 7) is 1.25. The van der Waals surface area contributed by atoms with Gasteiger partial charge in [-0.2, -0.15) is 0 Å². The minimum absolute atomic E-state index is 0.0921. The molecule has 1 aliphatic heterocycles. The highest BCUT2D eigenvalue weighted by Gasteiger charge is 2.23. The van der Waals surface area contributed by atoms with Gasteiger partial charge in [0.15, 0.2) is 10.9 Å². The summed E-state index contributed by atoms with van der Waals surface area (Å²) in [4.78, 5) is 18.5. The second-order valence-electron chi connectivity index (χ2n) is 5.37. The van der Waals surface area contributed by atoms with E-state index in [1.165, 1.54) is 11.3 Å². The Morgan fingerprint density at radius 2 is 2.45 bits per heavy atom. The van der Waals surface area contributed by atoms with Crippen molar-refractivity contribution in [2.24, 2.45) is 0 Å². The van der Waals surface area contributed by atoms with E-state index in [0.29, 0.717) is 17.4 Å². The molecule has 2 aromatic rings. The van der Waals surface area contributed by atoms with Gasteiger partial charge in [0.25, 0.3) is 0 Å². The fourth-order valence-electron chi connectivity index (χ4n) is 2.69. The highest BCUT2D eigenvalue weighted by atomic mass is 32.1. The maximum atomic E-state index is 12.1. The lowest BCUT2D eigenvalue weighted by Crippen LogP contribution is -2.45. The zero-order valence-electron chi connectivity index (χ0n) is 12.2. The van der Waals surface area contributed by atoms with Crippen molar-refractivity contribution in [3.8, 4) is 11.5 Å². The second-order valence-corrected chi connectivity index (χ2v) is 6.22. The largest absolute Gasteiger partial charge is 0.463 e. The van der Waals surface area contributed by atoms with E-state index in [1.807, 2.05) is 16.3 Å². The van der Waals surface area contributed by atoms with Gasteiger partial charge in [-0.15, -0.1) is 11.3 Å². The fourth-order valence-corrected chi connectivity index (χ4v) is 3.40. The number of thiazole rings is 1. The summed E-state index contributed by atoms with van der Waals surface area (Å²) in [5, 5.41) is 14.6. The lowest BCUT2D eigenvalue weighted by molar-refractivity contribution is -0.118. The number of likely N-dealkylation sites (tertiary alicyclic amines) is 1. The number of amides is 1. The number of anilines is 1. The van der Waals surface area contributed by atoms with Crippen LogP contribution in [0, 0.1) is 0 Å². The molecule has 0 saturated carbocycles. The Morgan fingerprint density at radius 1 is 1.55 bits per heavy atom. The molecule has 6 nitrogen and oxygen atoms in total. The molecule has 2 aromatic heterocycles. The molecule has 1 fully saturated rings. The molecule has 0 aliphatic carbocycles. The van der Waals surface area contributed by atoms with Gasteiger partial charge in [-0.3, -0.25) is 9.69 Å². The van der Waals surface area contributed by atoms with Crippen molar-refractivity contribution in [3.63, 3.8) is 0 Å². The molecule has 7 heteroatoms. The van der Waals surface area contributed by atoms with Crippen LogP contribution in [0.3, 0.4) is 0 Å². The third kappa shape index (κ3) is 3.55. The fraction of sp³-hybridized carbons (Fsp3) is 0.467. The first kappa shape index (κ1) is 15.2. The highest BCUT2D eigenvalue weighted by molar-refractivity contribution is 7.14. The van der Waals surface area contributed by atoms with E-state index in [2.05, 4.69) is 10.3 Å². The highest BCUT2D eigenvalue weighted by Crippen LogP contribution is 2.25. The SMILES string of the molecule is O=C(CN1CCCC[C@@H]1CO)Nc1nc(-c2ccco2)cs1. The van der Waals surface area contributed by atoms with Crippen LogP contribution in [0.4, 0.5) is 5.13 Å². The molecule has 1 amide bonds. The van der Waals surface area contributed by atoms with Crippen molar-refractivity contribution in [1.29, 1.82) is 0 Å². The predicted molar refractivity (Wildman–Crippen MR) is 84.7 cm³/mol. The van der Waals surface area contributed by atoms with E-state index in [1.54, 1.807) is 12.3 Å². The van der Waals surface area contributed by atoms with Crippen LogP contribution in [0.15, 0.2) is 28.2 Å². The molecule has 0 bridgehead atoms. The maximum Gasteiger partial charge on any atom is 0.240 e. The van der Waals surface area contributed by atoms with Crippen LogP contribution in [-0.2, 0) is 4.79 Å². The van der Waals surface area contributed by atoms with Crippen molar-refractivity contribution in [2.75, 3.05) is 25.0 Å². The van der Waals surface area contributed by atoms with Gasteiger partial charge in [0.1, 0.15) is 5.69 Å². The molecule has 3 heterocycles. The topological polar surface area (TPSA) is 78.6 Å². The first-order chi connectivity index (χ1) is 10.8. The lowest BCUT2D eigenvalue weighted by Gasteiger charge is -2.33. The zero-order chi connectivity index (χ0) is 15.4. The number of hydrogen-bond acceptors (Lipinski definition) is 6. The van der Waals surface area contributed by atoms with E-state index in [9.17, 15) is 9.90 Å². The maximum absolute atomic E-state index is 12.1. The van der Waals surface area contributed by atoms with Crippen LogP contribution >= 0.6 is 11.3 Å². The van der Waals surface area contributed by atoms with Gasteiger partial charge in [0.05, 0.1) is 19.4 Å². The number of nitrogens with one attached hydrogen (secondary N) is 1. The summed E-state index contributed by atoms with van der Waals surface area (Å²) in [5.41, 5.74) is 0.719. The Labute approximate surface area is 132 Å². The quantitative estimate of drug-likeness (QED) is 0.882. The molecule has 1 atom stereocenters. The molecular weight excluding hydrogens is 302 g/mol. The van der Waals surface area contributed by atoms with Crippen molar-refractivity contribution in [1.82, 2.24) is 9.88 Å². The summed E-state index contributed by atoms with van der Waals surface area (Å²) in [6.07, 6.45) is 4.73. The number of aliphatic hydroxyl groups excluding tert-OH is 1. The van der Waals surface area contributed by atoms with E-state index in [0.717, 1.165) is 31.5 Å². The van der Waals surface area contributed by atoms with Crippen molar-refractivity contribution < 1.29 is 14.3 Å². The number of nitrogens with zero attached hydrogens (tertiary/aromatic N) is 2. The Morgan fingerprint density at radius 3 is 3.23 bits per heavy atom. The van der Waals surface area contributed by atoms with Gasteiger partial charge < -0.3 is 14.8 Å². The average molecular weight is 321 g/mol. The second kappa shape index (κ2) is 7.04. The number of piperidine rings is 1. The standard InChI is InChI=1S/C15H19N3O3S/c19-9-11-4-1-2-6-18(11)8-14(20)17-15-16-12(10-22-15)13-5-3-7-21-13/h3,5,7,10-11,19H,1-2,4,6,8-9H2,(H,16,17,20)/t11-/m1/s1. The molecular formula is C15H19N3O3S. The summed E-state index contributed by atoms with van der Waals surface area (Å²) in [7, 11) is 0. The van der Waals surface area contributed by atoms with Crippen LogP contribution in [0.1, 0.15) is 19.3 Å². The Balaban J connectivity index is 1.57. The van der Waals surface area contributed by atoms with Gasteiger partial charge in [-0.1, -0.05) is 6.42 Å². The number of aliphatic hydroxyl groups is 1. The van der Waals surface area contributed by atoms with Gasteiger partial charge in [0, 0.05) is 11.4 Å². The predicted octanol–water partition coefficient (Wildman–Crippen LogP) is 2.19. The minimum atomic E-state index is -0.0966. The first-order valence-electron chi connectivity index (χ1n) is 7.40. The summed E-state index contributed by atoms with van der Waals surface area (Å²) in [5.74, 6) is 0.591. The smallest absolute Gasteiger partial charge is 0.240 e. The molecule has 0 radical (unpaired) electrons. The summed E-state index contributed by atoms with van der Waals surface area (Å²) >= 11 is 1.37. The Hall–Kier alpha value is -1.70. The van der Waals surface area contributed by atoms with E-state index < -0.39 is 0 Å². The monoisotopic (exact) mass is 321 g/mol. The van der Waals surface area contributed by atoms with Gasteiger partial charge in [-0.25, -0.2) is 4.98 Å².